The van der Waals surface area contributed by atoms with Gasteiger partial charge in [0.2, 0.25) is 0 Å². The molecule has 5 N–H and O–H groups in total. The molecule has 1 saturated heterocycles. The molecule has 0 aliphatic carbocycles. The molecule has 45 heavy (non-hydrogen) atoms. The smallest absolute Gasteiger partial charge is 0.328 e. The lowest BCUT2D eigenvalue weighted by molar-refractivity contribution is -0.134. The molecule has 0 bridgehead atoms. The fraction of sp³-hybridized carbons (Fsp3) is 0.333. The molecular weight excluding hydrogens is 614 g/mol. The number of carboxylic acids is 4. The highest BCUT2D eigenvalue weighted by Crippen LogP contribution is 2.34. The lowest BCUT2D eigenvalue weighted by Gasteiger charge is -2.35. The molecule has 15 heteroatoms. The van der Waals surface area contributed by atoms with E-state index in [0.717, 1.165) is 49.7 Å². The van der Waals surface area contributed by atoms with Gasteiger partial charge in [-0.15, -0.1) is 0 Å². The van der Waals surface area contributed by atoms with E-state index in [1.165, 1.54) is 0 Å². The average molecular weight is 648 g/mol. The maximum Gasteiger partial charge on any atom is 0.328 e. The molecule has 242 valence electrons. The number of aliphatic carboxylic acids is 4. The molecule has 1 aromatic carbocycles. The van der Waals surface area contributed by atoms with Crippen LogP contribution in [-0.2, 0) is 19.2 Å². The summed E-state index contributed by atoms with van der Waals surface area (Å²) in [6.45, 7) is 5.95. The summed E-state index contributed by atoms with van der Waals surface area (Å²) in [6.07, 6.45) is 4.34. The van der Waals surface area contributed by atoms with Crippen LogP contribution in [0.25, 0.3) is 0 Å². The van der Waals surface area contributed by atoms with Gasteiger partial charge in [0.25, 0.3) is 5.91 Å². The Kier molecular flexibility index (Phi) is 15.0. The molecule has 0 spiro atoms. The minimum Gasteiger partial charge on any atom is -0.486 e. The van der Waals surface area contributed by atoms with Gasteiger partial charge in [0, 0.05) is 54.2 Å². The van der Waals surface area contributed by atoms with E-state index in [1.807, 2.05) is 31.2 Å². The largest absolute Gasteiger partial charge is 0.486 e. The van der Waals surface area contributed by atoms with Crippen molar-refractivity contribution in [3.05, 3.63) is 77.1 Å². The Morgan fingerprint density at radius 1 is 0.911 bits per heavy atom. The molecule has 0 radical (unpaired) electrons. The lowest BCUT2D eigenvalue weighted by Crippen LogP contribution is -2.45. The van der Waals surface area contributed by atoms with Crippen LogP contribution in [0, 0.1) is 12.8 Å². The summed E-state index contributed by atoms with van der Waals surface area (Å²) in [6, 6.07) is 11.0. The summed E-state index contributed by atoms with van der Waals surface area (Å²) >= 11 is 6.05. The van der Waals surface area contributed by atoms with Crippen LogP contribution in [0.4, 0.5) is 0 Å². The van der Waals surface area contributed by atoms with Crippen molar-refractivity contribution in [2.24, 2.45) is 5.92 Å². The lowest BCUT2D eigenvalue weighted by atomic mass is 9.96. The van der Waals surface area contributed by atoms with Gasteiger partial charge in [-0.3, -0.25) is 9.69 Å². The topological polar surface area (TPSA) is 213 Å². The number of carboxylic acid groups (broad SMARTS) is 4. The third-order valence-corrected chi connectivity index (χ3v) is 6.44. The first-order valence-electron chi connectivity index (χ1n) is 13.6. The number of ether oxygens (including phenoxy) is 2. The number of halogens is 1. The van der Waals surface area contributed by atoms with Crippen molar-refractivity contribution >= 4 is 41.4 Å². The Morgan fingerprint density at radius 2 is 1.49 bits per heavy atom. The van der Waals surface area contributed by atoms with Crippen LogP contribution in [0.15, 0.2) is 60.7 Å². The number of hydrogen-bond acceptors (Lipinski definition) is 9. The number of aryl methyl sites for hydroxylation is 1. The van der Waals surface area contributed by atoms with Crippen molar-refractivity contribution in [3.63, 3.8) is 0 Å². The van der Waals surface area contributed by atoms with Crippen LogP contribution >= 0.6 is 11.6 Å². The van der Waals surface area contributed by atoms with Crippen LogP contribution < -0.4 is 14.8 Å². The summed E-state index contributed by atoms with van der Waals surface area (Å²) in [5, 5.41) is 34.9. The molecule has 1 unspecified atom stereocenters. The Balaban J connectivity index is 0.000000365. The molecule has 14 nitrogen and oxygen atoms in total. The summed E-state index contributed by atoms with van der Waals surface area (Å²) in [7, 11) is 0. The number of amides is 1. The summed E-state index contributed by atoms with van der Waals surface area (Å²) in [5.41, 5.74) is 1.34. The number of hydrogen-bond donors (Lipinski definition) is 5. The number of aromatic nitrogens is 1. The second-order valence-corrected chi connectivity index (χ2v) is 10.2. The van der Waals surface area contributed by atoms with E-state index in [4.69, 9.17) is 41.5 Å². The van der Waals surface area contributed by atoms with Gasteiger partial charge in [-0.2, -0.15) is 0 Å². The molecule has 2 aliphatic rings. The SMILES string of the molecule is Cc1cccc(C(=O)NCC2CCN(CC3COc4ccc(Cl)cc4O3)CC2)n1.O=C(O)/C=C/C(=O)O.O=C(O)/C=C/C(=O)O. The third kappa shape index (κ3) is 14.9. The second-order valence-electron chi connectivity index (χ2n) is 9.78. The molecule has 1 atom stereocenters. The van der Waals surface area contributed by atoms with Crippen molar-refractivity contribution in [2.45, 2.75) is 25.9 Å². The van der Waals surface area contributed by atoms with Crippen LogP contribution in [-0.4, -0.2) is 99.0 Å². The van der Waals surface area contributed by atoms with Gasteiger partial charge in [-0.1, -0.05) is 17.7 Å². The highest BCUT2D eigenvalue weighted by Gasteiger charge is 2.26. The highest BCUT2D eigenvalue weighted by atomic mass is 35.5. The first-order chi connectivity index (χ1) is 21.3. The Morgan fingerprint density at radius 3 is 2.02 bits per heavy atom. The zero-order valence-electron chi connectivity index (χ0n) is 24.3. The van der Waals surface area contributed by atoms with E-state index in [1.54, 1.807) is 12.1 Å². The van der Waals surface area contributed by atoms with Gasteiger partial charge < -0.3 is 35.2 Å². The average Bonchev–Trinajstić information content (AvgIpc) is 2.99. The maximum atomic E-state index is 12.3. The number of rotatable bonds is 9. The molecule has 1 fully saturated rings. The molecule has 3 heterocycles. The van der Waals surface area contributed by atoms with Crippen molar-refractivity contribution in [1.29, 1.82) is 0 Å². The van der Waals surface area contributed by atoms with Gasteiger partial charge >= 0.3 is 23.9 Å². The Bertz CT molecular complexity index is 1340. The number of piperidine rings is 1. The molecule has 0 saturated carbocycles. The predicted octanol–water partition coefficient (Wildman–Crippen LogP) is 2.75. The van der Waals surface area contributed by atoms with E-state index in [9.17, 15) is 24.0 Å². The van der Waals surface area contributed by atoms with Crippen molar-refractivity contribution in [2.75, 3.05) is 32.8 Å². The number of pyridine rings is 1. The molecule has 2 aromatic rings. The number of carbonyl (C=O) groups excluding carboxylic acids is 1. The summed E-state index contributed by atoms with van der Waals surface area (Å²) in [4.78, 5) is 57.2. The fourth-order valence-electron chi connectivity index (χ4n) is 4.12. The Labute approximate surface area is 263 Å². The van der Waals surface area contributed by atoms with Crippen LogP contribution in [0.2, 0.25) is 5.02 Å². The quantitative estimate of drug-likeness (QED) is 0.248. The number of nitrogens with zero attached hydrogens (tertiary/aromatic N) is 2. The summed E-state index contributed by atoms with van der Waals surface area (Å²) < 4.78 is 11.9. The molecule has 2 aliphatic heterocycles. The van der Waals surface area contributed by atoms with E-state index in [0.29, 0.717) is 54.1 Å². The first-order valence-corrected chi connectivity index (χ1v) is 14.0. The standard InChI is InChI=1S/C22H26ClN3O3.2C4H4O4/c1-15-3-2-4-19(25-15)22(27)24-12-16-7-9-26(10-8-16)13-18-14-28-20-6-5-17(23)11-21(20)29-18;2*5-3(6)1-2-4(7)8/h2-6,11,16,18H,7-10,12-14H2,1H3,(H,24,27);2*1-2H,(H,5,6)(H,7,8)/b;2*2-1+. The number of fused-ring (bicyclic) bond motifs is 1. The van der Waals surface area contributed by atoms with Crippen LogP contribution in [0.5, 0.6) is 11.5 Å². The monoisotopic (exact) mass is 647 g/mol. The molecular formula is C30H34ClN3O11. The number of nitrogens with one attached hydrogen (secondary N) is 1. The van der Waals surface area contributed by atoms with Gasteiger partial charge in [0.15, 0.2) is 11.5 Å². The zero-order chi connectivity index (χ0) is 33.4. The van der Waals surface area contributed by atoms with Crippen molar-refractivity contribution < 1.29 is 53.9 Å². The molecule has 1 aromatic heterocycles. The van der Waals surface area contributed by atoms with E-state index in [-0.39, 0.29) is 12.0 Å². The minimum absolute atomic E-state index is 0.00427. The molecule has 1 amide bonds. The molecule has 4 rings (SSSR count). The van der Waals surface area contributed by atoms with Gasteiger partial charge in [-0.25, -0.2) is 24.2 Å². The normalized spacial score (nSPS) is 16.1. The van der Waals surface area contributed by atoms with Crippen molar-refractivity contribution in [3.8, 4) is 11.5 Å². The second kappa shape index (κ2) is 18.7. The summed E-state index contributed by atoms with van der Waals surface area (Å²) in [5.74, 6) is -3.16. The van der Waals surface area contributed by atoms with Gasteiger partial charge in [0.05, 0.1) is 0 Å². The maximum absolute atomic E-state index is 12.3. The first kappa shape index (κ1) is 36.2. The minimum atomic E-state index is -1.26. The predicted molar refractivity (Wildman–Crippen MR) is 161 cm³/mol. The Hall–Kier alpha value is -4.95. The van der Waals surface area contributed by atoms with E-state index < -0.39 is 23.9 Å². The van der Waals surface area contributed by atoms with Gasteiger partial charge in [-0.05, 0) is 63.0 Å². The third-order valence-electron chi connectivity index (χ3n) is 6.20. The van der Waals surface area contributed by atoms with Crippen LogP contribution in [0.1, 0.15) is 29.0 Å². The van der Waals surface area contributed by atoms with Gasteiger partial charge in [0.1, 0.15) is 18.4 Å². The number of benzene rings is 1. The highest BCUT2D eigenvalue weighted by molar-refractivity contribution is 6.30. The van der Waals surface area contributed by atoms with E-state index in [2.05, 4.69) is 15.2 Å². The fourth-order valence-corrected chi connectivity index (χ4v) is 4.28. The number of carbonyl (C=O) groups is 5. The van der Waals surface area contributed by atoms with Crippen LogP contribution in [0.3, 0.4) is 0 Å². The zero-order valence-corrected chi connectivity index (χ0v) is 25.1. The van der Waals surface area contributed by atoms with Crippen molar-refractivity contribution in [1.82, 2.24) is 15.2 Å². The number of likely N-dealkylation sites (tertiary alicyclic amines) is 1. The van der Waals surface area contributed by atoms with E-state index >= 15 is 0 Å².